The molecule has 2 amide bonds. The number of furan rings is 1. The van der Waals surface area contributed by atoms with E-state index in [-0.39, 0.29) is 17.9 Å². The molecule has 1 aromatic rings. The zero-order valence-corrected chi connectivity index (χ0v) is 16.2. The highest BCUT2D eigenvalue weighted by atomic mass is 16.3. The van der Waals surface area contributed by atoms with Gasteiger partial charge in [0.25, 0.3) is 5.91 Å². The SMILES string of the molecule is CCN1CCN(C(=O)CCN(C(=O)c2cc(C)oc2C)C(C)C)CC1. The van der Waals surface area contributed by atoms with Gasteiger partial charge < -0.3 is 19.1 Å². The fraction of sp³-hybridized carbons (Fsp3) is 0.684. The van der Waals surface area contributed by atoms with Gasteiger partial charge in [-0.25, -0.2) is 0 Å². The van der Waals surface area contributed by atoms with Crippen LogP contribution in [-0.2, 0) is 4.79 Å². The molecule has 0 aliphatic carbocycles. The molecule has 140 valence electrons. The summed E-state index contributed by atoms with van der Waals surface area (Å²) in [5, 5.41) is 0. The topological polar surface area (TPSA) is 57.0 Å². The van der Waals surface area contributed by atoms with Crippen LogP contribution in [0.25, 0.3) is 0 Å². The number of nitrogens with zero attached hydrogens (tertiary/aromatic N) is 3. The Bertz CT molecular complexity index is 601. The zero-order valence-electron chi connectivity index (χ0n) is 16.2. The lowest BCUT2D eigenvalue weighted by Gasteiger charge is -2.35. The molecular formula is C19H31N3O3. The third kappa shape index (κ3) is 4.84. The average Bonchev–Trinajstić information content (AvgIpc) is 2.92. The number of likely N-dealkylation sites (N-methyl/N-ethyl adjacent to an activating group) is 1. The molecule has 1 aliphatic rings. The van der Waals surface area contributed by atoms with E-state index in [9.17, 15) is 9.59 Å². The number of carbonyl (C=O) groups excluding carboxylic acids is 2. The van der Waals surface area contributed by atoms with Crippen molar-refractivity contribution in [1.82, 2.24) is 14.7 Å². The molecule has 2 heterocycles. The highest BCUT2D eigenvalue weighted by Crippen LogP contribution is 2.18. The van der Waals surface area contributed by atoms with Crippen LogP contribution in [-0.4, -0.2) is 71.8 Å². The first-order valence-corrected chi connectivity index (χ1v) is 9.21. The van der Waals surface area contributed by atoms with E-state index >= 15 is 0 Å². The van der Waals surface area contributed by atoms with Gasteiger partial charge in [0.05, 0.1) is 5.56 Å². The van der Waals surface area contributed by atoms with Gasteiger partial charge in [0.15, 0.2) is 0 Å². The summed E-state index contributed by atoms with van der Waals surface area (Å²) in [6, 6.07) is 1.81. The first-order valence-electron chi connectivity index (χ1n) is 9.21. The molecule has 0 bridgehead atoms. The summed E-state index contributed by atoms with van der Waals surface area (Å²) in [5.41, 5.74) is 0.593. The number of piperazine rings is 1. The summed E-state index contributed by atoms with van der Waals surface area (Å²) in [6.07, 6.45) is 0.367. The first-order chi connectivity index (χ1) is 11.8. The molecule has 6 heteroatoms. The van der Waals surface area contributed by atoms with Crippen LogP contribution in [0.4, 0.5) is 0 Å². The molecule has 0 unspecified atom stereocenters. The molecule has 2 rings (SSSR count). The van der Waals surface area contributed by atoms with Crippen molar-refractivity contribution in [3.63, 3.8) is 0 Å². The van der Waals surface area contributed by atoms with Crippen LogP contribution in [0.3, 0.4) is 0 Å². The second kappa shape index (κ2) is 8.52. The smallest absolute Gasteiger partial charge is 0.257 e. The molecule has 6 nitrogen and oxygen atoms in total. The van der Waals surface area contributed by atoms with E-state index in [0.29, 0.717) is 24.3 Å². The number of amides is 2. The van der Waals surface area contributed by atoms with Gasteiger partial charge in [-0.3, -0.25) is 9.59 Å². The van der Waals surface area contributed by atoms with E-state index in [1.54, 1.807) is 17.9 Å². The normalized spacial score (nSPS) is 15.7. The summed E-state index contributed by atoms with van der Waals surface area (Å²) in [5.74, 6) is 1.44. The summed E-state index contributed by atoms with van der Waals surface area (Å²) in [4.78, 5) is 31.4. The van der Waals surface area contributed by atoms with Crippen molar-refractivity contribution < 1.29 is 14.0 Å². The van der Waals surface area contributed by atoms with Crippen molar-refractivity contribution in [3.05, 3.63) is 23.2 Å². The van der Waals surface area contributed by atoms with Crippen LogP contribution in [0.1, 0.15) is 49.1 Å². The third-order valence-corrected chi connectivity index (χ3v) is 4.89. The van der Waals surface area contributed by atoms with Gasteiger partial charge in [0, 0.05) is 45.2 Å². The number of hydrogen-bond donors (Lipinski definition) is 0. The number of carbonyl (C=O) groups is 2. The molecule has 1 saturated heterocycles. The van der Waals surface area contributed by atoms with Gasteiger partial charge in [0.2, 0.25) is 5.91 Å². The van der Waals surface area contributed by atoms with Crippen molar-refractivity contribution in [3.8, 4) is 0 Å². The van der Waals surface area contributed by atoms with E-state index in [1.165, 1.54) is 0 Å². The molecular weight excluding hydrogens is 318 g/mol. The van der Waals surface area contributed by atoms with Crippen LogP contribution >= 0.6 is 0 Å². The third-order valence-electron chi connectivity index (χ3n) is 4.89. The van der Waals surface area contributed by atoms with Gasteiger partial charge in [-0.1, -0.05) is 6.92 Å². The highest BCUT2D eigenvalue weighted by Gasteiger charge is 2.25. The quantitative estimate of drug-likeness (QED) is 0.791. The molecule has 0 saturated carbocycles. The average molecular weight is 349 g/mol. The number of rotatable bonds is 6. The Hall–Kier alpha value is -1.82. The predicted molar refractivity (Wildman–Crippen MR) is 97.7 cm³/mol. The van der Waals surface area contributed by atoms with E-state index in [2.05, 4.69) is 11.8 Å². The van der Waals surface area contributed by atoms with Crippen molar-refractivity contribution in [2.24, 2.45) is 0 Å². The van der Waals surface area contributed by atoms with Crippen molar-refractivity contribution in [1.29, 1.82) is 0 Å². The molecule has 0 radical (unpaired) electrons. The molecule has 25 heavy (non-hydrogen) atoms. The summed E-state index contributed by atoms with van der Waals surface area (Å²) in [6.45, 7) is 14.6. The maximum atomic E-state index is 12.8. The minimum Gasteiger partial charge on any atom is -0.466 e. The lowest BCUT2D eigenvalue weighted by molar-refractivity contribution is -0.133. The molecule has 0 N–H and O–H groups in total. The van der Waals surface area contributed by atoms with E-state index in [4.69, 9.17) is 4.42 Å². The molecule has 0 aromatic carbocycles. The van der Waals surface area contributed by atoms with Gasteiger partial charge in [-0.15, -0.1) is 0 Å². The predicted octanol–water partition coefficient (Wildman–Crippen LogP) is 2.30. The summed E-state index contributed by atoms with van der Waals surface area (Å²) < 4.78 is 5.48. The van der Waals surface area contributed by atoms with Crippen molar-refractivity contribution in [2.45, 2.75) is 47.1 Å². The van der Waals surface area contributed by atoms with Gasteiger partial charge >= 0.3 is 0 Å². The largest absolute Gasteiger partial charge is 0.466 e. The van der Waals surface area contributed by atoms with E-state index in [1.807, 2.05) is 25.7 Å². The van der Waals surface area contributed by atoms with E-state index in [0.717, 1.165) is 38.5 Å². The maximum absolute atomic E-state index is 12.8. The van der Waals surface area contributed by atoms with Crippen LogP contribution in [0.2, 0.25) is 0 Å². The first kappa shape index (κ1) is 19.5. The monoisotopic (exact) mass is 349 g/mol. The minimum atomic E-state index is -0.0621. The summed E-state index contributed by atoms with van der Waals surface area (Å²) >= 11 is 0. The lowest BCUT2D eigenvalue weighted by atomic mass is 10.1. The van der Waals surface area contributed by atoms with Crippen LogP contribution in [0, 0.1) is 13.8 Å². The second-order valence-electron chi connectivity index (χ2n) is 6.98. The lowest BCUT2D eigenvalue weighted by Crippen LogP contribution is -2.49. The van der Waals surface area contributed by atoms with Crippen LogP contribution in [0.5, 0.6) is 0 Å². The fourth-order valence-electron chi connectivity index (χ4n) is 3.28. The zero-order chi connectivity index (χ0) is 18.6. The molecule has 0 atom stereocenters. The second-order valence-corrected chi connectivity index (χ2v) is 6.98. The highest BCUT2D eigenvalue weighted by molar-refractivity contribution is 5.95. The Morgan fingerprint density at radius 3 is 2.32 bits per heavy atom. The van der Waals surface area contributed by atoms with Crippen LogP contribution in [0.15, 0.2) is 10.5 Å². The van der Waals surface area contributed by atoms with Crippen molar-refractivity contribution in [2.75, 3.05) is 39.3 Å². The number of hydrogen-bond acceptors (Lipinski definition) is 4. The minimum absolute atomic E-state index is 0.0341. The van der Waals surface area contributed by atoms with Crippen molar-refractivity contribution >= 4 is 11.8 Å². The Morgan fingerprint density at radius 2 is 1.84 bits per heavy atom. The Morgan fingerprint density at radius 1 is 1.20 bits per heavy atom. The molecule has 1 aliphatic heterocycles. The van der Waals surface area contributed by atoms with Crippen LogP contribution < -0.4 is 0 Å². The number of aryl methyl sites for hydroxylation is 2. The van der Waals surface area contributed by atoms with Gasteiger partial charge in [-0.05, 0) is 40.3 Å². The van der Waals surface area contributed by atoms with Gasteiger partial charge in [-0.2, -0.15) is 0 Å². The molecule has 0 spiro atoms. The van der Waals surface area contributed by atoms with E-state index < -0.39 is 0 Å². The fourth-order valence-corrected chi connectivity index (χ4v) is 3.28. The molecule has 1 fully saturated rings. The Labute approximate surface area is 150 Å². The molecule has 1 aromatic heterocycles. The maximum Gasteiger partial charge on any atom is 0.257 e. The van der Waals surface area contributed by atoms with Gasteiger partial charge in [0.1, 0.15) is 11.5 Å². The Kier molecular flexibility index (Phi) is 6.64. The summed E-state index contributed by atoms with van der Waals surface area (Å²) in [7, 11) is 0. The Balaban J connectivity index is 1.94. The standard InChI is InChI=1S/C19H31N3O3/c1-6-20-9-11-21(12-10-20)18(23)7-8-22(14(2)3)19(24)17-13-15(4)25-16(17)5/h13-14H,6-12H2,1-5H3.